The summed E-state index contributed by atoms with van der Waals surface area (Å²) in [5, 5.41) is 0. The van der Waals surface area contributed by atoms with Crippen LogP contribution in [0.25, 0.3) is 0 Å². The second-order valence-electron chi connectivity index (χ2n) is 9.96. The second-order valence-corrected chi connectivity index (χ2v) is 11.9. The third-order valence-electron chi connectivity index (χ3n) is 8.00. The first-order valence-corrected chi connectivity index (χ1v) is 13.4. The number of Topliss-reactive ketones (excluding diaryl/α,β-unsaturated/α-hetero) is 2. The largest absolute Gasteiger partial charge is 0.293 e. The van der Waals surface area contributed by atoms with Crippen molar-refractivity contribution in [2.24, 2.45) is 23.2 Å². The molecule has 3 aromatic rings. The lowest BCUT2D eigenvalue weighted by molar-refractivity contribution is 0.0774. The molecule has 5 rings (SSSR count). The van der Waals surface area contributed by atoms with Crippen LogP contribution in [0.1, 0.15) is 39.6 Å². The third kappa shape index (κ3) is 4.15. The molecule has 1 aliphatic carbocycles. The van der Waals surface area contributed by atoms with Gasteiger partial charge in [0, 0.05) is 24.2 Å². The molecule has 0 bridgehead atoms. The van der Waals surface area contributed by atoms with E-state index in [9.17, 15) is 18.0 Å². The number of nitrogens with zero attached hydrogens (tertiary/aromatic N) is 1. The summed E-state index contributed by atoms with van der Waals surface area (Å²) in [6.07, 6.45) is 0.347. The van der Waals surface area contributed by atoms with Crippen LogP contribution in [0.2, 0.25) is 0 Å². The number of rotatable bonds is 8. The van der Waals surface area contributed by atoms with Crippen LogP contribution < -0.4 is 0 Å². The predicted octanol–water partition coefficient (Wildman–Crippen LogP) is 5.02. The Balaban J connectivity index is 1.44. The minimum atomic E-state index is -3.64. The Kier molecular flexibility index (Phi) is 5.98. The summed E-state index contributed by atoms with van der Waals surface area (Å²) in [4.78, 5) is 27.5. The molecule has 3 atom stereocenters. The monoisotopic (exact) mass is 487 g/mol. The number of hydrogen-bond donors (Lipinski definition) is 0. The lowest BCUT2D eigenvalue weighted by Crippen LogP contribution is -2.35. The standard InChI is InChI=1S/C29H29NO4S/c1-20-13-15-24(16-14-20)35(33,34)30-18-26-21(2)29(26,19-30)17-25(27(31)22-9-5-3-6-10-22)28(32)23-11-7-4-8-12-23/h3-16,21,25-26H,17-19H2,1-2H3/t21-,26-,29+/m0/s1. The fraction of sp³-hybridized carbons (Fsp3) is 0.310. The number of carbonyl (C=O) groups is 2. The molecule has 1 heterocycles. The molecule has 35 heavy (non-hydrogen) atoms. The minimum absolute atomic E-state index is 0.136. The van der Waals surface area contributed by atoms with Gasteiger partial charge in [0.2, 0.25) is 10.0 Å². The number of benzene rings is 3. The maximum Gasteiger partial charge on any atom is 0.243 e. The van der Waals surface area contributed by atoms with E-state index in [1.807, 2.05) is 19.1 Å². The summed E-state index contributed by atoms with van der Waals surface area (Å²) in [6, 6.07) is 24.7. The zero-order chi connectivity index (χ0) is 24.8. The van der Waals surface area contributed by atoms with Crippen molar-refractivity contribution in [2.45, 2.75) is 25.2 Å². The van der Waals surface area contributed by atoms with E-state index in [1.165, 1.54) is 0 Å². The van der Waals surface area contributed by atoms with E-state index in [1.54, 1.807) is 77.1 Å². The van der Waals surface area contributed by atoms with Crippen LogP contribution in [0, 0.1) is 30.1 Å². The number of fused-ring (bicyclic) bond motifs is 1. The van der Waals surface area contributed by atoms with Gasteiger partial charge in [-0.1, -0.05) is 85.3 Å². The second kappa shape index (κ2) is 8.85. The topological polar surface area (TPSA) is 71.5 Å². The summed E-state index contributed by atoms with van der Waals surface area (Å²) in [5.41, 5.74) is 1.63. The van der Waals surface area contributed by atoms with Crippen LogP contribution in [0.3, 0.4) is 0 Å². The molecule has 2 fully saturated rings. The Morgan fingerprint density at radius 3 is 1.91 bits per heavy atom. The molecule has 5 nitrogen and oxygen atoms in total. The first-order chi connectivity index (χ1) is 16.7. The average molecular weight is 488 g/mol. The first-order valence-electron chi connectivity index (χ1n) is 12.0. The van der Waals surface area contributed by atoms with Crippen LogP contribution in [0.15, 0.2) is 89.8 Å². The molecule has 0 N–H and O–H groups in total. The van der Waals surface area contributed by atoms with Crippen LogP contribution >= 0.6 is 0 Å². The zero-order valence-corrected chi connectivity index (χ0v) is 20.7. The minimum Gasteiger partial charge on any atom is -0.293 e. The Morgan fingerprint density at radius 2 is 1.40 bits per heavy atom. The highest BCUT2D eigenvalue weighted by Gasteiger charge is 2.68. The van der Waals surface area contributed by atoms with Gasteiger partial charge in [-0.25, -0.2) is 8.42 Å². The van der Waals surface area contributed by atoms with Gasteiger partial charge in [0.05, 0.1) is 10.8 Å². The van der Waals surface area contributed by atoms with E-state index in [2.05, 4.69) is 6.92 Å². The van der Waals surface area contributed by atoms with Gasteiger partial charge in [-0.3, -0.25) is 9.59 Å². The van der Waals surface area contributed by atoms with E-state index in [-0.39, 0.29) is 33.7 Å². The van der Waals surface area contributed by atoms with Crippen molar-refractivity contribution in [1.29, 1.82) is 0 Å². The van der Waals surface area contributed by atoms with Gasteiger partial charge in [0.1, 0.15) is 0 Å². The summed E-state index contributed by atoms with van der Waals surface area (Å²) >= 11 is 0. The lowest BCUT2D eigenvalue weighted by Gasteiger charge is -2.25. The summed E-state index contributed by atoms with van der Waals surface area (Å²) in [5.74, 6) is -0.869. The molecule has 0 amide bonds. The SMILES string of the molecule is Cc1ccc(S(=O)(=O)N2C[C@H]3[C@H](C)[C@@]3(CC(C(=O)c3ccccc3)C(=O)c3ccccc3)C2)cc1. The highest BCUT2D eigenvalue weighted by molar-refractivity contribution is 7.89. The quantitative estimate of drug-likeness (QED) is 0.330. The first kappa shape index (κ1) is 23.6. The Labute approximate surface area is 206 Å². The van der Waals surface area contributed by atoms with Gasteiger partial charge in [0.15, 0.2) is 11.6 Å². The Morgan fingerprint density at radius 1 is 0.886 bits per heavy atom. The number of sulfonamides is 1. The summed E-state index contributed by atoms with van der Waals surface area (Å²) in [6.45, 7) is 4.78. The van der Waals surface area contributed by atoms with Crippen molar-refractivity contribution in [3.63, 3.8) is 0 Å². The fourth-order valence-electron chi connectivity index (χ4n) is 5.75. The normalized spacial score (nSPS) is 23.7. The number of piperidine rings is 1. The maximum atomic E-state index is 13.6. The van der Waals surface area contributed by atoms with Crippen LogP contribution in [-0.2, 0) is 10.0 Å². The predicted molar refractivity (Wildman–Crippen MR) is 135 cm³/mol. The number of hydrogen-bond acceptors (Lipinski definition) is 4. The molecule has 6 heteroatoms. The van der Waals surface area contributed by atoms with E-state index in [0.29, 0.717) is 30.6 Å². The number of ketones is 2. The molecule has 0 aromatic heterocycles. The van der Waals surface area contributed by atoms with Crippen LogP contribution in [-0.4, -0.2) is 37.4 Å². The number of aryl methyl sites for hydroxylation is 1. The van der Waals surface area contributed by atoms with Gasteiger partial charge in [-0.05, 0) is 42.7 Å². The summed E-state index contributed by atoms with van der Waals surface area (Å²) < 4.78 is 28.2. The molecule has 0 radical (unpaired) electrons. The van der Waals surface area contributed by atoms with Gasteiger partial charge < -0.3 is 0 Å². The fourth-order valence-corrected chi connectivity index (χ4v) is 7.30. The Bertz CT molecular complexity index is 1300. The molecular formula is C29H29NO4S. The lowest BCUT2D eigenvalue weighted by atomic mass is 9.80. The van der Waals surface area contributed by atoms with E-state index in [4.69, 9.17) is 0 Å². The molecule has 0 unspecified atom stereocenters. The molecule has 3 aromatic carbocycles. The van der Waals surface area contributed by atoms with Crippen LogP contribution in [0.5, 0.6) is 0 Å². The number of carbonyl (C=O) groups excluding carboxylic acids is 2. The maximum absolute atomic E-state index is 13.6. The summed E-state index contributed by atoms with van der Waals surface area (Å²) in [7, 11) is -3.64. The smallest absolute Gasteiger partial charge is 0.243 e. The molecule has 1 saturated heterocycles. The van der Waals surface area contributed by atoms with Crippen molar-refractivity contribution >= 4 is 21.6 Å². The molecular weight excluding hydrogens is 458 g/mol. The van der Waals surface area contributed by atoms with Gasteiger partial charge >= 0.3 is 0 Å². The van der Waals surface area contributed by atoms with Gasteiger partial charge in [-0.15, -0.1) is 0 Å². The van der Waals surface area contributed by atoms with E-state index >= 15 is 0 Å². The average Bonchev–Trinajstić information content (AvgIpc) is 3.21. The zero-order valence-electron chi connectivity index (χ0n) is 19.9. The molecule has 180 valence electrons. The van der Waals surface area contributed by atoms with Gasteiger partial charge in [-0.2, -0.15) is 4.31 Å². The van der Waals surface area contributed by atoms with Gasteiger partial charge in [0.25, 0.3) is 0 Å². The van der Waals surface area contributed by atoms with Crippen molar-refractivity contribution in [3.05, 3.63) is 102 Å². The van der Waals surface area contributed by atoms with Crippen molar-refractivity contribution in [1.82, 2.24) is 4.31 Å². The molecule has 2 aliphatic rings. The van der Waals surface area contributed by atoms with E-state index in [0.717, 1.165) is 5.56 Å². The molecule has 0 spiro atoms. The highest BCUT2D eigenvalue weighted by Crippen LogP contribution is 2.66. The van der Waals surface area contributed by atoms with Crippen molar-refractivity contribution in [3.8, 4) is 0 Å². The Hall–Kier alpha value is -3.09. The highest BCUT2D eigenvalue weighted by atomic mass is 32.2. The van der Waals surface area contributed by atoms with Crippen molar-refractivity contribution in [2.75, 3.05) is 13.1 Å². The third-order valence-corrected chi connectivity index (χ3v) is 9.83. The van der Waals surface area contributed by atoms with Crippen LogP contribution in [0.4, 0.5) is 0 Å². The van der Waals surface area contributed by atoms with Crippen molar-refractivity contribution < 1.29 is 18.0 Å². The molecule has 1 saturated carbocycles. The van der Waals surface area contributed by atoms with E-state index < -0.39 is 15.9 Å². The molecule has 1 aliphatic heterocycles.